The van der Waals surface area contributed by atoms with Crippen molar-refractivity contribution < 1.29 is 32.2 Å². The standard InChI is InChI=1S/C32H37F3N8O4/c1-8-26(44)37-22-16-23(29(46-18-32(33,34)35)40-28(22)42(6)14-13-41(4)5)38-31-36-17-21(30(45)47-19(2)3)27(39-31)25-15-20-11-9-10-12-24(20)43(25)7/h8-12,15-17,19H,1,13-14,18H2,2-7H3,(H,37,44)(H,36,38,39). The van der Waals surface area contributed by atoms with Gasteiger partial charge < -0.3 is 34.5 Å². The number of halogens is 3. The van der Waals surface area contributed by atoms with Gasteiger partial charge in [0.2, 0.25) is 17.7 Å². The quantitative estimate of drug-likeness (QED) is 0.143. The zero-order valence-corrected chi connectivity index (χ0v) is 27.0. The van der Waals surface area contributed by atoms with Crippen LogP contribution in [0, 0.1) is 0 Å². The Morgan fingerprint density at radius 2 is 1.81 bits per heavy atom. The molecule has 0 aliphatic rings. The third kappa shape index (κ3) is 8.76. The van der Waals surface area contributed by atoms with E-state index in [4.69, 9.17) is 9.47 Å². The number of pyridine rings is 1. The molecule has 1 amide bonds. The summed E-state index contributed by atoms with van der Waals surface area (Å²) in [6, 6.07) is 10.8. The van der Waals surface area contributed by atoms with Gasteiger partial charge in [-0.1, -0.05) is 24.8 Å². The molecule has 0 saturated carbocycles. The summed E-state index contributed by atoms with van der Waals surface area (Å²) in [5.74, 6) is -1.55. The van der Waals surface area contributed by atoms with Gasteiger partial charge in [0, 0.05) is 44.3 Å². The summed E-state index contributed by atoms with van der Waals surface area (Å²) in [5, 5.41) is 6.44. The molecule has 0 unspecified atom stereocenters. The summed E-state index contributed by atoms with van der Waals surface area (Å²) < 4.78 is 52.4. The van der Waals surface area contributed by atoms with Crippen molar-refractivity contribution >= 4 is 45.9 Å². The highest BCUT2D eigenvalue weighted by Crippen LogP contribution is 2.36. The Labute approximate surface area is 270 Å². The normalized spacial score (nSPS) is 11.6. The molecule has 1 aromatic carbocycles. The van der Waals surface area contributed by atoms with Gasteiger partial charge in [-0.2, -0.15) is 18.2 Å². The van der Waals surface area contributed by atoms with Crippen molar-refractivity contribution in [1.29, 1.82) is 0 Å². The third-order valence-corrected chi connectivity index (χ3v) is 6.82. The highest BCUT2D eigenvalue weighted by atomic mass is 19.4. The van der Waals surface area contributed by atoms with Crippen LogP contribution >= 0.6 is 0 Å². The second kappa shape index (κ2) is 14.5. The van der Waals surface area contributed by atoms with Gasteiger partial charge in [0.15, 0.2) is 12.4 Å². The van der Waals surface area contributed by atoms with Crippen molar-refractivity contribution in [3.8, 4) is 17.3 Å². The minimum Gasteiger partial charge on any atom is -0.466 e. The fourth-order valence-corrected chi connectivity index (χ4v) is 4.56. The number of carbonyl (C=O) groups excluding carboxylic acids is 2. The van der Waals surface area contributed by atoms with Crippen LogP contribution < -0.4 is 20.3 Å². The van der Waals surface area contributed by atoms with Crippen LogP contribution in [0.2, 0.25) is 0 Å². The SMILES string of the molecule is C=CC(=O)Nc1cc(Nc2ncc(C(=O)OC(C)C)c(-c3cc4ccccc4n3C)n2)c(OCC(F)(F)F)nc1N(C)CCN(C)C. The van der Waals surface area contributed by atoms with Gasteiger partial charge in [-0.25, -0.2) is 14.8 Å². The first-order valence-corrected chi connectivity index (χ1v) is 14.6. The smallest absolute Gasteiger partial charge is 0.422 e. The number of likely N-dealkylation sites (N-methyl/N-ethyl adjacent to an activating group) is 2. The molecule has 3 heterocycles. The van der Waals surface area contributed by atoms with Crippen LogP contribution in [0.25, 0.3) is 22.3 Å². The molecule has 12 nitrogen and oxygen atoms in total. The molecule has 0 fully saturated rings. The van der Waals surface area contributed by atoms with E-state index in [1.165, 1.54) is 12.3 Å². The number of hydrogen-bond acceptors (Lipinski definition) is 10. The molecule has 250 valence electrons. The lowest BCUT2D eigenvalue weighted by Gasteiger charge is -2.25. The molecule has 4 rings (SSSR count). The molecule has 0 atom stereocenters. The van der Waals surface area contributed by atoms with Crippen LogP contribution in [-0.2, 0) is 16.6 Å². The molecular formula is C32H37F3N8O4. The number of para-hydroxylation sites is 1. The number of carbonyl (C=O) groups is 2. The Morgan fingerprint density at radius 1 is 1.09 bits per heavy atom. The number of rotatable bonds is 13. The second-order valence-corrected chi connectivity index (χ2v) is 11.2. The summed E-state index contributed by atoms with van der Waals surface area (Å²) in [4.78, 5) is 42.4. The van der Waals surface area contributed by atoms with E-state index < -0.39 is 36.6 Å². The van der Waals surface area contributed by atoms with E-state index in [0.717, 1.165) is 17.0 Å². The van der Waals surface area contributed by atoms with Crippen LogP contribution in [0.15, 0.2) is 55.3 Å². The number of hydrogen-bond donors (Lipinski definition) is 2. The van der Waals surface area contributed by atoms with Gasteiger partial charge in [-0.15, -0.1) is 0 Å². The average molecular weight is 655 g/mol. The largest absolute Gasteiger partial charge is 0.466 e. The number of nitrogens with one attached hydrogen (secondary N) is 2. The summed E-state index contributed by atoms with van der Waals surface area (Å²) in [5.41, 5.74) is 1.84. The van der Waals surface area contributed by atoms with E-state index in [2.05, 4.69) is 32.2 Å². The Kier molecular flexibility index (Phi) is 10.7. The number of ether oxygens (including phenoxy) is 2. The maximum atomic E-state index is 13.3. The number of amides is 1. The molecule has 15 heteroatoms. The molecular weight excluding hydrogens is 617 g/mol. The molecule has 0 saturated heterocycles. The van der Waals surface area contributed by atoms with Crippen molar-refractivity contribution in [2.75, 3.05) is 56.4 Å². The van der Waals surface area contributed by atoms with Crippen LogP contribution in [0.5, 0.6) is 5.88 Å². The van der Waals surface area contributed by atoms with E-state index >= 15 is 0 Å². The number of aryl methyl sites for hydroxylation is 1. The summed E-state index contributed by atoms with van der Waals surface area (Å²) in [6.07, 6.45) is -2.75. The minimum absolute atomic E-state index is 0.0705. The van der Waals surface area contributed by atoms with E-state index in [1.54, 1.807) is 25.8 Å². The topological polar surface area (TPSA) is 127 Å². The summed E-state index contributed by atoms with van der Waals surface area (Å²) >= 11 is 0. The van der Waals surface area contributed by atoms with E-state index in [9.17, 15) is 22.8 Å². The fourth-order valence-electron chi connectivity index (χ4n) is 4.56. The molecule has 47 heavy (non-hydrogen) atoms. The highest BCUT2D eigenvalue weighted by Gasteiger charge is 2.30. The van der Waals surface area contributed by atoms with E-state index in [-0.39, 0.29) is 34.4 Å². The van der Waals surface area contributed by atoms with Gasteiger partial charge in [0.1, 0.15) is 16.9 Å². The molecule has 3 aromatic heterocycles. The number of benzene rings is 1. The molecule has 2 N–H and O–H groups in total. The van der Waals surface area contributed by atoms with E-state index in [0.29, 0.717) is 18.8 Å². The lowest BCUT2D eigenvalue weighted by Crippen LogP contribution is -2.30. The van der Waals surface area contributed by atoms with Crippen LogP contribution in [0.1, 0.15) is 24.2 Å². The minimum atomic E-state index is -4.66. The van der Waals surface area contributed by atoms with Gasteiger partial charge in [-0.3, -0.25) is 4.79 Å². The molecule has 0 spiro atoms. The Morgan fingerprint density at radius 3 is 2.45 bits per heavy atom. The molecule has 0 aliphatic heterocycles. The zero-order chi connectivity index (χ0) is 34.5. The third-order valence-electron chi connectivity index (χ3n) is 6.82. The van der Waals surface area contributed by atoms with Crippen LogP contribution in [0.3, 0.4) is 0 Å². The molecule has 0 radical (unpaired) electrons. The predicted molar refractivity (Wildman–Crippen MR) is 174 cm³/mol. The Hall–Kier alpha value is -5.18. The first-order chi connectivity index (χ1) is 22.2. The van der Waals surface area contributed by atoms with Crippen LogP contribution in [0.4, 0.5) is 36.3 Å². The molecule has 4 aromatic rings. The number of alkyl halides is 3. The van der Waals surface area contributed by atoms with Crippen molar-refractivity contribution in [2.45, 2.75) is 26.1 Å². The summed E-state index contributed by atoms with van der Waals surface area (Å²) in [6.45, 7) is 6.29. The van der Waals surface area contributed by atoms with E-state index in [1.807, 2.05) is 60.9 Å². The predicted octanol–water partition coefficient (Wildman–Crippen LogP) is 5.40. The van der Waals surface area contributed by atoms with Crippen molar-refractivity contribution in [3.05, 3.63) is 60.8 Å². The maximum absolute atomic E-state index is 13.3. The molecule has 0 aliphatic carbocycles. The monoisotopic (exact) mass is 654 g/mol. The maximum Gasteiger partial charge on any atom is 0.422 e. The summed E-state index contributed by atoms with van der Waals surface area (Å²) in [7, 11) is 7.24. The Bertz CT molecular complexity index is 1770. The van der Waals surface area contributed by atoms with Crippen molar-refractivity contribution in [3.63, 3.8) is 0 Å². The van der Waals surface area contributed by atoms with Gasteiger partial charge in [0.25, 0.3) is 0 Å². The number of aromatic nitrogens is 4. The lowest BCUT2D eigenvalue weighted by molar-refractivity contribution is -0.153. The number of nitrogens with zero attached hydrogens (tertiary/aromatic N) is 6. The second-order valence-electron chi connectivity index (χ2n) is 11.2. The Balaban J connectivity index is 1.86. The number of anilines is 4. The fraction of sp³-hybridized carbons (Fsp3) is 0.344. The highest BCUT2D eigenvalue weighted by molar-refractivity contribution is 6.01. The first kappa shape index (κ1) is 34.7. The van der Waals surface area contributed by atoms with Crippen molar-refractivity contribution in [2.24, 2.45) is 7.05 Å². The number of fused-ring (bicyclic) bond motifs is 1. The zero-order valence-electron chi connectivity index (χ0n) is 27.0. The average Bonchev–Trinajstić information content (AvgIpc) is 3.34. The van der Waals surface area contributed by atoms with Gasteiger partial charge in [-0.05, 0) is 52.2 Å². The van der Waals surface area contributed by atoms with Gasteiger partial charge >= 0.3 is 12.1 Å². The molecule has 0 bridgehead atoms. The van der Waals surface area contributed by atoms with Crippen molar-refractivity contribution in [1.82, 2.24) is 24.4 Å². The van der Waals surface area contributed by atoms with Gasteiger partial charge in [0.05, 0.1) is 17.5 Å². The number of esters is 1. The lowest BCUT2D eigenvalue weighted by atomic mass is 10.1. The first-order valence-electron chi connectivity index (χ1n) is 14.6. The van der Waals surface area contributed by atoms with Crippen LogP contribution in [-0.4, -0.2) is 89.4 Å².